The number of benzene rings is 1. The largest absolute Gasteiger partial charge is 0.392 e. The summed E-state index contributed by atoms with van der Waals surface area (Å²) >= 11 is 0. The first kappa shape index (κ1) is 11.6. The number of aliphatic hydroxyl groups is 1. The molecule has 2 heteroatoms. The second-order valence-electron chi connectivity index (χ2n) is 4.90. The molecule has 1 aromatic rings. The van der Waals surface area contributed by atoms with E-state index in [4.69, 9.17) is 0 Å². The minimum Gasteiger partial charge on any atom is -0.392 e. The van der Waals surface area contributed by atoms with Gasteiger partial charge in [-0.05, 0) is 38.7 Å². The maximum atomic E-state index is 9.77. The van der Waals surface area contributed by atoms with Crippen LogP contribution in [-0.2, 0) is 0 Å². The van der Waals surface area contributed by atoms with E-state index in [9.17, 15) is 5.11 Å². The Balaban J connectivity index is 1.97. The van der Waals surface area contributed by atoms with E-state index in [1.165, 1.54) is 11.1 Å². The first-order valence-electron chi connectivity index (χ1n) is 6.17. The lowest BCUT2D eigenvalue weighted by Gasteiger charge is -2.22. The van der Waals surface area contributed by atoms with Crippen molar-refractivity contribution in [1.82, 2.24) is 5.32 Å². The Hall–Kier alpha value is -0.860. The van der Waals surface area contributed by atoms with Crippen LogP contribution in [0.5, 0.6) is 0 Å². The summed E-state index contributed by atoms with van der Waals surface area (Å²) in [6, 6.07) is 9.19. The lowest BCUT2D eigenvalue weighted by molar-refractivity contribution is 0.144. The highest BCUT2D eigenvalue weighted by atomic mass is 16.3. The zero-order valence-electron chi connectivity index (χ0n) is 10.1. The van der Waals surface area contributed by atoms with E-state index >= 15 is 0 Å². The Morgan fingerprint density at radius 2 is 1.94 bits per heavy atom. The van der Waals surface area contributed by atoms with E-state index in [0.717, 1.165) is 19.3 Å². The SMILES string of the molecule is Cc1ccc(C(C)NC2CCCC2O)cc1. The van der Waals surface area contributed by atoms with Gasteiger partial charge in [-0.15, -0.1) is 0 Å². The van der Waals surface area contributed by atoms with Gasteiger partial charge < -0.3 is 10.4 Å². The Morgan fingerprint density at radius 3 is 2.50 bits per heavy atom. The van der Waals surface area contributed by atoms with Gasteiger partial charge in [-0.2, -0.15) is 0 Å². The van der Waals surface area contributed by atoms with E-state index in [-0.39, 0.29) is 12.1 Å². The van der Waals surface area contributed by atoms with Crippen molar-refractivity contribution in [3.63, 3.8) is 0 Å². The van der Waals surface area contributed by atoms with Gasteiger partial charge in [0.25, 0.3) is 0 Å². The van der Waals surface area contributed by atoms with Gasteiger partial charge in [-0.25, -0.2) is 0 Å². The monoisotopic (exact) mass is 219 g/mol. The molecule has 88 valence electrons. The summed E-state index contributed by atoms with van der Waals surface area (Å²) in [4.78, 5) is 0. The predicted molar refractivity (Wildman–Crippen MR) is 66.4 cm³/mol. The molecule has 2 nitrogen and oxygen atoms in total. The van der Waals surface area contributed by atoms with E-state index in [1.54, 1.807) is 0 Å². The topological polar surface area (TPSA) is 32.3 Å². The van der Waals surface area contributed by atoms with Crippen molar-refractivity contribution in [1.29, 1.82) is 0 Å². The van der Waals surface area contributed by atoms with Crippen molar-refractivity contribution >= 4 is 0 Å². The molecular formula is C14H21NO. The van der Waals surface area contributed by atoms with Gasteiger partial charge in [-0.1, -0.05) is 29.8 Å². The molecule has 3 unspecified atom stereocenters. The van der Waals surface area contributed by atoms with Crippen LogP contribution in [0.3, 0.4) is 0 Å². The molecule has 1 aromatic carbocycles. The summed E-state index contributed by atoms with van der Waals surface area (Å²) in [6.07, 6.45) is 3.02. The molecule has 16 heavy (non-hydrogen) atoms. The molecule has 0 radical (unpaired) electrons. The average molecular weight is 219 g/mol. The fraction of sp³-hybridized carbons (Fsp3) is 0.571. The van der Waals surface area contributed by atoms with Crippen LogP contribution >= 0.6 is 0 Å². The highest BCUT2D eigenvalue weighted by molar-refractivity contribution is 5.23. The minimum atomic E-state index is -0.159. The molecule has 2 N–H and O–H groups in total. The Bertz CT molecular complexity index is 333. The molecule has 0 spiro atoms. The second kappa shape index (κ2) is 4.98. The molecule has 1 aliphatic rings. The van der Waals surface area contributed by atoms with Crippen LogP contribution in [0.1, 0.15) is 43.4 Å². The number of nitrogens with one attached hydrogen (secondary N) is 1. The van der Waals surface area contributed by atoms with E-state index < -0.39 is 0 Å². The molecule has 2 rings (SSSR count). The third-order valence-corrected chi connectivity index (χ3v) is 3.52. The van der Waals surface area contributed by atoms with E-state index in [2.05, 4.69) is 43.4 Å². The summed E-state index contributed by atoms with van der Waals surface area (Å²) in [7, 11) is 0. The number of aliphatic hydroxyl groups excluding tert-OH is 1. The van der Waals surface area contributed by atoms with Crippen LogP contribution in [0.25, 0.3) is 0 Å². The van der Waals surface area contributed by atoms with Crippen molar-refractivity contribution in [3.05, 3.63) is 35.4 Å². The highest BCUT2D eigenvalue weighted by Crippen LogP contribution is 2.22. The molecule has 0 saturated heterocycles. The molecular weight excluding hydrogens is 198 g/mol. The van der Waals surface area contributed by atoms with Gasteiger partial charge in [0.2, 0.25) is 0 Å². The van der Waals surface area contributed by atoms with Crippen LogP contribution in [0, 0.1) is 6.92 Å². The average Bonchev–Trinajstić information content (AvgIpc) is 2.65. The second-order valence-corrected chi connectivity index (χ2v) is 4.90. The van der Waals surface area contributed by atoms with Gasteiger partial charge in [-0.3, -0.25) is 0 Å². The molecule has 1 saturated carbocycles. The molecule has 0 bridgehead atoms. The minimum absolute atomic E-state index is 0.159. The molecule has 1 fully saturated rings. The summed E-state index contributed by atoms with van der Waals surface area (Å²) in [5.41, 5.74) is 2.58. The van der Waals surface area contributed by atoms with E-state index in [0.29, 0.717) is 6.04 Å². The maximum Gasteiger partial charge on any atom is 0.0693 e. The summed E-state index contributed by atoms with van der Waals surface area (Å²) in [6.45, 7) is 4.26. The van der Waals surface area contributed by atoms with Crippen LogP contribution < -0.4 is 5.32 Å². The molecule has 0 amide bonds. The van der Waals surface area contributed by atoms with Crippen molar-refractivity contribution in [3.8, 4) is 0 Å². The smallest absolute Gasteiger partial charge is 0.0693 e. The zero-order valence-corrected chi connectivity index (χ0v) is 10.1. The van der Waals surface area contributed by atoms with Gasteiger partial charge in [0.1, 0.15) is 0 Å². The third kappa shape index (κ3) is 2.63. The van der Waals surface area contributed by atoms with Crippen molar-refractivity contribution < 1.29 is 5.11 Å². The lowest BCUT2D eigenvalue weighted by atomic mass is 10.0. The Kier molecular flexibility index (Phi) is 3.62. The molecule has 1 aliphatic carbocycles. The fourth-order valence-electron chi connectivity index (χ4n) is 2.41. The summed E-state index contributed by atoms with van der Waals surface area (Å²) in [5, 5.41) is 13.3. The summed E-state index contributed by atoms with van der Waals surface area (Å²) < 4.78 is 0. The molecule has 0 heterocycles. The highest BCUT2D eigenvalue weighted by Gasteiger charge is 2.26. The van der Waals surface area contributed by atoms with Crippen LogP contribution in [-0.4, -0.2) is 17.3 Å². The molecule has 0 aliphatic heterocycles. The van der Waals surface area contributed by atoms with Crippen LogP contribution in [0.2, 0.25) is 0 Å². The lowest BCUT2D eigenvalue weighted by Crippen LogP contribution is -2.37. The van der Waals surface area contributed by atoms with Gasteiger partial charge in [0.15, 0.2) is 0 Å². The number of hydrogen-bond donors (Lipinski definition) is 2. The van der Waals surface area contributed by atoms with Gasteiger partial charge >= 0.3 is 0 Å². The van der Waals surface area contributed by atoms with Gasteiger partial charge in [0.05, 0.1) is 6.10 Å². The summed E-state index contributed by atoms with van der Waals surface area (Å²) in [5.74, 6) is 0. The molecule has 3 atom stereocenters. The van der Waals surface area contributed by atoms with Crippen molar-refractivity contribution in [2.45, 2.75) is 51.3 Å². The van der Waals surface area contributed by atoms with Crippen molar-refractivity contribution in [2.75, 3.05) is 0 Å². The molecule has 0 aromatic heterocycles. The Labute approximate surface area is 97.7 Å². The van der Waals surface area contributed by atoms with Crippen LogP contribution in [0.4, 0.5) is 0 Å². The number of hydrogen-bond acceptors (Lipinski definition) is 2. The maximum absolute atomic E-state index is 9.77. The predicted octanol–water partition coefficient (Wildman–Crippen LogP) is 2.56. The zero-order chi connectivity index (χ0) is 11.5. The van der Waals surface area contributed by atoms with Crippen LogP contribution in [0.15, 0.2) is 24.3 Å². The van der Waals surface area contributed by atoms with Crippen molar-refractivity contribution in [2.24, 2.45) is 0 Å². The van der Waals surface area contributed by atoms with E-state index in [1.807, 2.05) is 0 Å². The normalized spacial score (nSPS) is 26.9. The third-order valence-electron chi connectivity index (χ3n) is 3.52. The first-order chi connectivity index (χ1) is 7.66. The number of rotatable bonds is 3. The first-order valence-corrected chi connectivity index (χ1v) is 6.17. The standard InChI is InChI=1S/C14H21NO/c1-10-6-8-12(9-7-10)11(2)15-13-4-3-5-14(13)16/h6-9,11,13-16H,3-5H2,1-2H3. The fourth-order valence-corrected chi connectivity index (χ4v) is 2.41. The Morgan fingerprint density at radius 1 is 1.25 bits per heavy atom. The quantitative estimate of drug-likeness (QED) is 0.819. The number of aryl methyl sites for hydroxylation is 1. The van der Waals surface area contributed by atoms with Gasteiger partial charge in [0, 0.05) is 12.1 Å².